The number of nitrogens with zero attached hydrogens (tertiary/aromatic N) is 1. The first kappa shape index (κ1) is 6.67. The van der Waals surface area contributed by atoms with Crippen molar-refractivity contribution in [3.8, 4) is 0 Å². The van der Waals surface area contributed by atoms with Crippen LogP contribution in [0.2, 0.25) is 0 Å². The molecule has 1 aromatic heterocycles. The zero-order valence-electron chi connectivity index (χ0n) is 5.27. The molecule has 1 aliphatic heterocycles. The van der Waals surface area contributed by atoms with Gasteiger partial charge in [0, 0.05) is 0 Å². The van der Waals surface area contributed by atoms with E-state index in [2.05, 4.69) is 18.9 Å². The van der Waals surface area contributed by atoms with Crippen LogP contribution in [0.4, 0.5) is 0 Å². The summed E-state index contributed by atoms with van der Waals surface area (Å²) in [4.78, 5) is 3.56. The summed E-state index contributed by atoms with van der Waals surface area (Å²) >= 11 is 0. The molecule has 0 unspecified atom stereocenters. The fraction of sp³-hybridized carbons (Fsp3) is 0.167. The molecule has 1 aromatic rings. The minimum Gasteiger partial charge on any atom is -0.462 e. The third-order valence-electron chi connectivity index (χ3n) is 0.731. The van der Waals surface area contributed by atoms with Gasteiger partial charge in [0.2, 0.25) is 6.79 Å². The summed E-state index contributed by atoms with van der Waals surface area (Å²) in [5.41, 5.74) is 0. The molecule has 0 saturated carbocycles. The van der Waals surface area contributed by atoms with Gasteiger partial charge in [-0.2, -0.15) is 0 Å². The Morgan fingerprint density at radius 1 is 1.20 bits per heavy atom. The van der Waals surface area contributed by atoms with E-state index in [9.17, 15) is 0 Å². The third-order valence-corrected chi connectivity index (χ3v) is 0.731. The molecule has 0 aromatic carbocycles. The second-order valence-electron chi connectivity index (χ2n) is 1.40. The van der Waals surface area contributed by atoms with Crippen molar-refractivity contribution >= 4 is 0 Å². The maximum Gasteiger partial charge on any atom is 0.229 e. The van der Waals surface area contributed by atoms with Crippen molar-refractivity contribution in [2.24, 2.45) is 0 Å². The maximum atomic E-state index is 4.54. The van der Waals surface area contributed by atoms with Crippen molar-refractivity contribution in [3.63, 3.8) is 0 Å². The number of hydrogen-bond acceptors (Lipinski definition) is 4. The van der Waals surface area contributed by atoms with Crippen molar-refractivity contribution in [2.45, 2.75) is 0 Å². The molecule has 2 heterocycles. The highest BCUT2D eigenvalue weighted by Gasteiger charge is 1.82. The molecular formula is C6H7NO3. The van der Waals surface area contributed by atoms with E-state index >= 15 is 0 Å². The van der Waals surface area contributed by atoms with Gasteiger partial charge in [-0.05, 0) is 0 Å². The highest BCUT2D eigenvalue weighted by atomic mass is 16.7. The van der Waals surface area contributed by atoms with Crippen molar-refractivity contribution in [1.82, 2.24) is 4.98 Å². The molecule has 0 spiro atoms. The van der Waals surface area contributed by atoms with Crippen LogP contribution in [0.25, 0.3) is 0 Å². The van der Waals surface area contributed by atoms with Crippen LogP contribution in [0.5, 0.6) is 0 Å². The van der Waals surface area contributed by atoms with Gasteiger partial charge in [0.05, 0.1) is 6.20 Å². The molecule has 0 bridgehead atoms. The first-order valence-electron chi connectivity index (χ1n) is 2.70. The quantitative estimate of drug-likeness (QED) is 0.543. The molecule has 0 N–H and O–H groups in total. The van der Waals surface area contributed by atoms with E-state index in [1.807, 2.05) is 0 Å². The summed E-state index contributed by atoms with van der Waals surface area (Å²) in [7, 11) is 0. The third kappa shape index (κ3) is 2.76. The highest BCUT2D eigenvalue weighted by Crippen LogP contribution is 1.88. The standard InChI is InChI=1S/C3H3NO.C3H4O2/c2*1-2-5-3-4-1/h1-3H;1-2H,3H2. The van der Waals surface area contributed by atoms with E-state index in [1.165, 1.54) is 25.2 Å². The Bertz CT molecular complexity index is 148. The fourth-order valence-corrected chi connectivity index (χ4v) is 0.372. The SMILES string of the molecule is C1=COCO1.c1cocn1. The first-order valence-corrected chi connectivity index (χ1v) is 2.70. The number of ether oxygens (including phenoxy) is 2. The normalized spacial score (nSPS) is 12.8. The fourth-order valence-electron chi connectivity index (χ4n) is 0.372. The van der Waals surface area contributed by atoms with Gasteiger partial charge in [-0.1, -0.05) is 0 Å². The van der Waals surface area contributed by atoms with Gasteiger partial charge in [0.1, 0.15) is 18.8 Å². The molecule has 0 atom stereocenters. The minimum absolute atomic E-state index is 0.389. The Morgan fingerprint density at radius 3 is 2.20 bits per heavy atom. The second kappa shape index (κ2) is 4.43. The van der Waals surface area contributed by atoms with E-state index in [-0.39, 0.29) is 0 Å². The van der Waals surface area contributed by atoms with Crippen LogP contribution in [-0.4, -0.2) is 11.8 Å². The predicted octanol–water partition coefficient (Wildman–Crippen LogP) is 1.14. The number of rotatable bonds is 0. The molecule has 0 radical (unpaired) electrons. The smallest absolute Gasteiger partial charge is 0.229 e. The summed E-state index contributed by atoms with van der Waals surface area (Å²) in [6.07, 6.45) is 7.50. The van der Waals surface area contributed by atoms with Gasteiger partial charge in [-0.15, -0.1) is 0 Å². The van der Waals surface area contributed by atoms with Gasteiger partial charge in [0.25, 0.3) is 0 Å². The second-order valence-corrected chi connectivity index (χ2v) is 1.40. The summed E-state index contributed by atoms with van der Waals surface area (Å²) in [6, 6.07) is 0. The summed E-state index contributed by atoms with van der Waals surface area (Å²) in [6.45, 7) is 0.389. The van der Waals surface area contributed by atoms with E-state index in [4.69, 9.17) is 0 Å². The van der Waals surface area contributed by atoms with E-state index < -0.39 is 0 Å². The molecule has 4 heteroatoms. The van der Waals surface area contributed by atoms with Crippen LogP contribution in [0, 0.1) is 0 Å². The minimum atomic E-state index is 0.389. The lowest BCUT2D eigenvalue weighted by atomic mass is 11.0. The van der Waals surface area contributed by atoms with Gasteiger partial charge in [-0.3, -0.25) is 0 Å². The van der Waals surface area contributed by atoms with Crippen LogP contribution in [0.1, 0.15) is 0 Å². The van der Waals surface area contributed by atoms with Crippen molar-refractivity contribution < 1.29 is 13.9 Å². The summed E-state index contributed by atoms with van der Waals surface area (Å²) < 4.78 is 13.6. The molecule has 1 aliphatic rings. The Balaban J connectivity index is 0.0000001000. The summed E-state index contributed by atoms with van der Waals surface area (Å²) in [5.74, 6) is 0. The Labute approximate surface area is 58.1 Å². The lowest BCUT2D eigenvalue weighted by Gasteiger charge is -1.82. The van der Waals surface area contributed by atoms with Crippen LogP contribution < -0.4 is 0 Å². The average molecular weight is 141 g/mol. The van der Waals surface area contributed by atoms with Crippen LogP contribution in [0.3, 0.4) is 0 Å². The van der Waals surface area contributed by atoms with Crippen LogP contribution >= 0.6 is 0 Å². The maximum absolute atomic E-state index is 4.54. The Hall–Kier alpha value is -1.45. The lowest BCUT2D eigenvalue weighted by Crippen LogP contribution is -1.75. The van der Waals surface area contributed by atoms with Crippen LogP contribution in [-0.2, 0) is 9.47 Å². The van der Waals surface area contributed by atoms with Crippen LogP contribution in [0.15, 0.2) is 35.8 Å². The Kier molecular flexibility index (Phi) is 2.95. The average Bonchev–Trinajstić information content (AvgIpc) is 2.67. The first-order chi connectivity index (χ1) is 5.00. The van der Waals surface area contributed by atoms with E-state index in [1.54, 1.807) is 6.20 Å². The number of oxazole rings is 1. The molecule has 54 valence electrons. The topological polar surface area (TPSA) is 44.5 Å². The zero-order valence-corrected chi connectivity index (χ0v) is 5.27. The van der Waals surface area contributed by atoms with Gasteiger partial charge >= 0.3 is 0 Å². The number of aromatic nitrogens is 1. The molecule has 2 rings (SSSR count). The predicted molar refractivity (Wildman–Crippen MR) is 32.7 cm³/mol. The molecule has 0 saturated heterocycles. The Morgan fingerprint density at radius 2 is 2.00 bits per heavy atom. The van der Waals surface area contributed by atoms with E-state index in [0.717, 1.165) is 0 Å². The molecular weight excluding hydrogens is 134 g/mol. The van der Waals surface area contributed by atoms with Gasteiger partial charge in [-0.25, -0.2) is 4.98 Å². The van der Waals surface area contributed by atoms with Gasteiger partial charge in [0.15, 0.2) is 6.39 Å². The summed E-state index contributed by atoms with van der Waals surface area (Å²) in [5, 5.41) is 0. The monoisotopic (exact) mass is 141 g/mol. The zero-order chi connectivity index (χ0) is 7.07. The number of hydrogen-bond donors (Lipinski definition) is 0. The largest absolute Gasteiger partial charge is 0.462 e. The molecule has 4 nitrogen and oxygen atoms in total. The van der Waals surface area contributed by atoms with E-state index in [0.29, 0.717) is 6.79 Å². The highest BCUT2D eigenvalue weighted by molar-refractivity contribution is 4.63. The molecule has 0 fully saturated rings. The lowest BCUT2D eigenvalue weighted by molar-refractivity contribution is 0.0920. The molecule has 0 aliphatic carbocycles. The molecule has 10 heavy (non-hydrogen) atoms. The van der Waals surface area contributed by atoms with Crippen molar-refractivity contribution in [3.05, 3.63) is 31.4 Å². The van der Waals surface area contributed by atoms with Crippen molar-refractivity contribution in [2.75, 3.05) is 6.79 Å². The molecule has 0 amide bonds. The van der Waals surface area contributed by atoms with Crippen molar-refractivity contribution in [1.29, 1.82) is 0 Å². The van der Waals surface area contributed by atoms with Gasteiger partial charge < -0.3 is 13.9 Å².